The number of amides is 1. The van der Waals surface area contributed by atoms with E-state index in [1.54, 1.807) is 10.9 Å². The molecule has 0 spiro atoms. The third-order valence-corrected chi connectivity index (χ3v) is 4.04. The average molecular weight is 329 g/mol. The van der Waals surface area contributed by atoms with Gasteiger partial charge in [-0.25, -0.2) is 4.68 Å². The molecule has 2 aromatic rings. The quantitative estimate of drug-likeness (QED) is 0.887. The molecule has 0 bridgehead atoms. The van der Waals surface area contributed by atoms with Crippen LogP contribution in [0.1, 0.15) is 23.0 Å². The zero-order valence-corrected chi connectivity index (χ0v) is 14.1. The van der Waals surface area contributed by atoms with Gasteiger partial charge in [0.05, 0.1) is 25.1 Å². The lowest BCUT2D eigenvalue weighted by atomic mass is 10.2. The van der Waals surface area contributed by atoms with Crippen LogP contribution < -0.4 is 5.32 Å². The Morgan fingerprint density at radius 2 is 2.00 bits per heavy atom. The van der Waals surface area contributed by atoms with Crippen molar-refractivity contribution in [2.24, 2.45) is 0 Å². The number of carbonyl (C=O) groups excluding carboxylic acids is 1. The first-order valence-corrected chi connectivity index (χ1v) is 8.22. The van der Waals surface area contributed by atoms with Gasteiger partial charge in [-0.1, -0.05) is 22.9 Å². The molecule has 1 aromatic heterocycles. The summed E-state index contributed by atoms with van der Waals surface area (Å²) < 4.78 is 6.95. The van der Waals surface area contributed by atoms with Gasteiger partial charge in [-0.05, 0) is 26.0 Å². The summed E-state index contributed by atoms with van der Waals surface area (Å²) in [6.45, 7) is 8.16. The lowest BCUT2D eigenvalue weighted by Crippen LogP contribution is -2.46. The predicted molar refractivity (Wildman–Crippen MR) is 90.3 cm³/mol. The van der Waals surface area contributed by atoms with E-state index in [1.165, 1.54) is 5.56 Å². The Morgan fingerprint density at radius 1 is 1.29 bits per heavy atom. The molecule has 7 nitrogen and oxygen atoms in total. The van der Waals surface area contributed by atoms with Gasteiger partial charge >= 0.3 is 0 Å². The second-order valence-corrected chi connectivity index (χ2v) is 6.17. The maximum atomic E-state index is 12.3. The molecule has 0 aliphatic carbocycles. The summed E-state index contributed by atoms with van der Waals surface area (Å²) in [4.78, 5) is 14.6. The van der Waals surface area contributed by atoms with Crippen molar-refractivity contribution in [1.29, 1.82) is 0 Å². The van der Waals surface area contributed by atoms with Crippen LogP contribution in [-0.4, -0.2) is 64.7 Å². The minimum atomic E-state index is -0.200. The van der Waals surface area contributed by atoms with Gasteiger partial charge in [-0.15, -0.1) is 5.10 Å². The Labute approximate surface area is 141 Å². The number of benzene rings is 1. The van der Waals surface area contributed by atoms with Gasteiger partial charge in [-0.2, -0.15) is 0 Å². The van der Waals surface area contributed by atoms with Gasteiger partial charge in [0.25, 0.3) is 5.91 Å². The van der Waals surface area contributed by atoms with E-state index < -0.39 is 0 Å². The minimum Gasteiger partial charge on any atom is -0.379 e. The van der Waals surface area contributed by atoms with Crippen molar-refractivity contribution in [3.63, 3.8) is 0 Å². The third-order valence-electron chi connectivity index (χ3n) is 4.04. The van der Waals surface area contributed by atoms with Gasteiger partial charge in [0.1, 0.15) is 0 Å². The summed E-state index contributed by atoms with van der Waals surface area (Å²) in [6, 6.07) is 7.95. The number of carbonyl (C=O) groups is 1. The van der Waals surface area contributed by atoms with Crippen LogP contribution in [0.3, 0.4) is 0 Å². The van der Waals surface area contributed by atoms with Crippen molar-refractivity contribution < 1.29 is 9.53 Å². The second-order valence-electron chi connectivity index (χ2n) is 6.17. The number of aryl methyl sites for hydroxylation is 1. The lowest BCUT2D eigenvalue weighted by molar-refractivity contribution is 0.0342. The molecule has 1 aliphatic rings. The molecule has 7 heteroatoms. The Kier molecular flexibility index (Phi) is 5.22. The highest BCUT2D eigenvalue weighted by Gasteiger charge is 2.17. The Bertz CT molecular complexity index is 677. The van der Waals surface area contributed by atoms with Crippen LogP contribution in [0.25, 0.3) is 5.69 Å². The van der Waals surface area contributed by atoms with Crippen LogP contribution >= 0.6 is 0 Å². The summed E-state index contributed by atoms with van der Waals surface area (Å²) >= 11 is 0. The highest BCUT2D eigenvalue weighted by Crippen LogP contribution is 2.08. The molecule has 1 atom stereocenters. The zero-order chi connectivity index (χ0) is 16.9. The smallest absolute Gasteiger partial charge is 0.273 e. The molecule has 128 valence electrons. The molecule has 2 heterocycles. The zero-order valence-electron chi connectivity index (χ0n) is 14.1. The third kappa shape index (κ3) is 4.18. The van der Waals surface area contributed by atoms with E-state index in [1.807, 2.05) is 38.1 Å². The number of rotatable bonds is 5. The van der Waals surface area contributed by atoms with Crippen molar-refractivity contribution in [2.75, 3.05) is 32.8 Å². The van der Waals surface area contributed by atoms with Crippen molar-refractivity contribution in [3.05, 3.63) is 41.7 Å². The summed E-state index contributed by atoms with van der Waals surface area (Å²) in [5.74, 6) is -0.200. The molecule has 1 aliphatic heterocycles. The van der Waals surface area contributed by atoms with Gasteiger partial charge in [0.15, 0.2) is 5.69 Å². The van der Waals surface area contributed by atoms with E-state index in [0.29, 0.717) is 5.69 Å². The predicted octanol–water partition coefficient (Wildman–Crippen LogP) is 1.03. The first-order chi connectivity index (χ1) is 11.6. The van der Waals surface area contributed by atoms with E-state index in [0.717, 1.165) is 38.5 Å². The van der Waals surface area contributed by atoms with Gasteiger partial charge < -0.3 is 10.1 Å². The molecule has 0 saturated carbocycles. The summed E-state index contributed by atoms with van der Waals surface area (Å²) in [5.41, 5.74) is 2.38. The summed E-state index contributed by atoms with van der Waals surface area (Å²) in [6.07, 6.45) is 1.65. The molecule has 1 saturated heterocycles. The molecule has 24 heavy (non-hydrogen) atoms. The monoisotopic (exact) mass is 329 g/mol. The van der Waals surface area contributed by atoms with Crippen LogP contribution in [0.2, 0.25) is 0 Å². The highest BCUT2D eigenvalue weighted by atomic mass is 16.5. The number of hydrogen-bond acceptors (Lipinski definition) is 5. The second kappa shape index (κ2) is 7.55. The molecule has 1 fully saturated rings. The lowest BCUT2D eigenvalue weighted by Gasteiger charge is -2.29. The maximum Gasteiger partial charge on any atom is 0.273 e. The van der Waals surface area contributed by atoms with Crippen molar-refractivity contribution in [2.45, 2.75) is 19.9 Å². The standard InChI is InChI=1S/C17H23N5O2/c1-13-3-5-15(6-4-13)22-12-16(19-20-22)17(23)18-14(2)11-21-7-9-24-10-8-21/h3-6,12,14H,7-11H2,1-2H3,(H,18,23). The molecular weight excluding hydrogens is 306 g/mol. The van der Waals surface area contributed by atoms with Crippen molar-refractivity contribution >= 4 is 5.91 Å². The van der Waals surface area contributed by atoms with E-state index in [-0.39, 0.29) is 11.9 Å². The highest BCUT2D eigenvalue weighted by molar-refractivity contribution is 5.92. The number of morpholine rings is 1. The fourth-order valence-corrected chi connectivity index (χ4v) is 2.71. The van der Waals surface area contributed by atoms with Crippen LogP contribution in [0.4, 0.5) is 0 Å². The topological polar surface area (TPSA) is 72.3 Å². The number of hydrogen-bond donors (Lipinski definition) is 1. The Hall–Kier alpha value is -2.25. The van der Waals surface area contributed by atoms with E-state index >= 15 is 0 Å². The summed E-state index contributed by atoms with van der Waals surface area (Å²) in [5, 5.41) is 11.0. The average Bonchev–Trinajstić information content (AvgIpc) is 3.06. The molecule has 1 aromatic carbocycles. The number of ether oxygens (including phenoxy) is 1. The van der Waals surface area contributed by atoms with Gasteiger partial charge in [0, 0.05) is 25.7 Å². The molecule has 1 N–H and O–H groups in total. The maximum absolute atomic E-state index is 12.3. The fourth-order valence-electron chi connectivity index (χ4n) is 2.71. The largest absolute Gasteiger partial charge is 0.379 e. The fraction of sp³-hybridized carbons (Fsp3) is 0.471. The Balaban J connectivity index is 1.58. The summed E-state index contributed by atoms with van der Waals surface area (Å²) in [7, 11) is 0. The molecule has 0 radical (unpaired) electrons. The van der Waals surface area contributed by atoms with E-state index in [9.17, 15) is 4.79 Å². The number of nitrogens with zero attached hydrogens (tertiary/aromatic N) is 4. The SMILES string of the molecule is Cc1ccc(-n2cc(C(=O)NC(C)CN3CCOCC3)nn2)cc1. The van der Waals surface area contributed by atoms with Crippen LogP contribution in [0.15, 0.2) is 30.5 Å². The number of nitrogens with one attached hydrogen (secondary N) is 1. The van der Waals surface area contributed by atoms with Gasteiger partial charge in [-0.3, -0.25) is 9.69 Å². The number of aromatic nitrogens is 3. The molecule has 1 unspecified atom stereocenters. The van der Waals surface area contributed by atoms with Crippen LogP contribution in [-0.2, 0) is 4.74 Å². The Morgan fingerprint density at radius 3 is 2.71 bits per heavy atom. The normalized spacial score (nSPS) is 16.8. The minimum absolute atomic E-state index is 0.0418. The molecule has 1 amide bonds. The molecule has 3 rings (SSSR count). The van der Waals surface area contributed by atoms with Crippen molar-refractivity contribution in [3.8, 4) is 5.69 Å². The molecular formula is C17H23N5O2. The van der Waals surface area contributed by atoms with Gasteiger partial charge in [0.2, 0.25) is 0 Å². The first kappa shape index (κ1) is 16.6. The van der Waals surface area contributed by atoms with E-state index in [2.05, 4.69) is 20.5 Å². The first-order valence-electron chi connectivity index (χ1n) is 8.22. The van der Waals surface area contributed by atoms with Crippen molar-refractivity contribution in [1.82, 2.24) is 25.2 Å². The van der Waals surface area contributed by atoms with Crippen LogP contribution in [0.5, 0.6) is 0 Å². The van der Waals surface area contributed by atoms with Crippen LogP contribution in [0, 0.1) is 6.92 Å². The van der Waals surface area contributed by atoms with E-state index in [4.69, 9.17) is 4.74 Å².